The maximum atomic E-state index is 11.9. The normalized spacial score (nSPS) is 11.1. The second kappa shape index (κ2) is 8.31. The molecule has 0 bridgehead atoms. The molecule has 2 aromatic rings. The fraction of sp³-hybridized carbons (Fsp3) is 0.368. The van der Waals surface area contributed by atoms with Crippen LogP contribution in [0.25, 0.3) is 0 Å². The van der Waals surface area contributed by atoms with Crippen molar-refractivity contribution in [2.45, 2.75) is 44.7 Å². The number of nitrogens with one attached hydrogen (secondary N) is 2. The lowest BCUT2D eigenvalue weighted by atomic mass is 9.96. The number of amides is 2. The van der Waals surface area contributed by atoms with Gasteiger partial charge in [-0.05, 0) is 55.9 Å². The Morgan fingerprint density at radius 3 is 2.15 bits per heavy atom. The predicted molar refractivity (Wildman–Crippen MR) is 103 cm³/mol. The second-order valence-electron chi connectivity index (χ2n) is 7.04. The highest BCUT2D eigenvalue weighted by Crippen LogP contribution is 2.26. The van der Waals surface area contributed by atoms with E-state index in [1.165, 1.54) is 11.8 Å². The van der Waals surface area contributed by atoms with Crippen molar-refractivity contribution in [1.82, 2.24) is 15.3 Å². The molecule has 0 radical (unpaired) electrons. The van der Waals surface area contributed by atoms with Gasteiger partial charge in [0.2, 0.25) is 11.8 Å². The molecule has 0 spiro atoms. The lowest BCUT2D eigenvalue weighted by molar-refractivity contribution is -0.130. The monoisotopic (exact) mass is 372 g/mol. The van der Waals surface area contributed by atoms with E-state index in [1.807, 2.05) is 44.2 Å². The van der Waals surface area contributed by atoms with Crippen LogP contribution in [-0.4, -0.2) is 28.3 Å². The highest BCUT2D eigenvalue weighted by Gasteiger charge is 2.21. The molecule has 138 valence electrons. The Morgan fingerprint density at radius 2 is 1.62 bits per heavy atom. The number of carbonyl (C=O) groups excluding carboxylic acids is 2. The Bertz CT molecular complexity index is 778. The van der Waals surface area contributed by atoms with Gasteiger partial charge in [-0.15, -0.1) is 0 Å². The first-order valence-corrected chi connectivity index (χ1v) is 9.13. The van der Waals surface area contributed by atoms with Crippen molar-refractivity contribution in [3.63, 3.8) is 0 Å². The van der Waals surface area contributed by atoms with Crippen molar-refractivity contribution in [3.05, 3.63) is 41.7 Å². The number of rotatable bonds is 5. The third-order valence-corrected chi connectivity index (χ3v) is 4.27. The lowest BCUT2D eigenvalue weighted by Crippen LogP contribution is -2.39. The maximum Gasteiger partial charge on any atom is 0.243 e. The van der Waals surface area contributed by atoms with Gasteiger partial charge in [0.05, 0.1) is 6.54 Å². The van der Waals surface area contributed by atoms with Gasteiger partial charge in [-0.25, -0.2) is 9.97 Å². The predicted octanol–water partition coefficient (Wildman–Crippen LogP) is 3.35. The number of hydrogen-bond acceptors (Lipinski definition) is 5. The van der Waals surface area contributed by atoms with E-state index in [2.05, 4.69) is 20.6 Å². The molecule has 0 atom stereocenters. The molecule has 0 aliphatic rings. The molecule has 0 fully saturated rings. The van der Waals surface area contributed by atoms with E-state index < -0.39 is 5.41 Å². The van der Waals surface area contributed by atoms with Crippen molar-refractivity contribution in [2.24, 2.45) is 5.41 Å². The molecule has 0 saturated heterocycles. The Balaban J connectivity index is 1.90. The first-order valence-electron chi connectivity index (χ1n) is 8.32. The highest BCUT2D eigenvalue weighted by atomic mass is 32.2. The number of benzene rings is 1. The molecule has 0 unspecified atom stereocenters. The summed E-state index contributed by atoms with van der Waals surface area (Å²) in [5.41, 5.74) is 2.02. The topological polar surface area (TPSA) is 84.0 Å². The first kappa shape index (κ1) is 19.9. The summed E-state index contributed by atoms with van der Waals surface area (Å²) in [5, 5.41) is 6.09. The number of aromatic nitrogens is 2. The van der Waals surface area contributed by atoms with Crippen LogP contribution in [0.3, 0.4) is 0 Å². The average Bonchev–Trinajstić information content (AvgIpc) is 2.52. The summed E-state index contributed by atoms with van der Waals surface area (Å²) in [5.74, 6) is -0.423. The zero-order valence-corrected chi connectivity index (χ0v) is 16.5. The summed E-state index contributed by atoms with van der Waals surface area (Å²) in [4.78, 5) is 33.5. The summed E-state index contributed by atoms with van der Waals surface area (Å²) >= 11 is 1.47. The van der Waals surface area contributed by atoms with E-state index >= 15 is 0 Å². The number of carbonyl (C=O) groups is 2. The van der Waals surface area contributed by atoms with Crippen molar-refractivity contribution >= 4 is 29.3 Å². The number of aryl methyl sites for hydroxylation is 2. The Hall–Kier alpha value is -2.41. The molecular weight excluding hydrogens is 348 g/mol. The minimum atomic E-state index is -0.518. The fourth-order valence-electron chi connectivity index (χ4n) is 2.08. The quantitative estimate of drug-likeness (QED) is 0.787. The Labute approximate surface area is 158 Å². The van der Waals surface area contributed by atoms with Crippen LogP contribution >= 0.6 is 11.8 Å². The van der Waals surface area contributed by atoms with E-state index in [9.17, 15) is 9.59 Å². The van der Waals surface area contributed by atoms with E-state index in [4.69, 9.17) is 0 Å². The van der Waals surface area contributed by atoms with Crippen LogP contribution in [0, 0.1) is 19.3 Å². The largest absolute Gasteiger partial charge is 0.347 e. The standard InChI is InChI=1S/C19H24N4O2S/c1-12-10-13(2)22-18(21-12)26-15-8-6-14(7-9-15)23-16(24)11-20-17(25)19(3,4)5/h6-10H,11H2,1-5H3,(H,20,25)(H,23,24). The molecule has 2 amide bonds. The minimum Gasteiger partial charge on any atom is -0.347 e. The van der Waals surface area contributed by atoms with Crippen LogP contribution in [0.1, 0.15) is 32.2 Å². The second-order valence-corrected chi connectivity index (χ2v) is 8.08. The maximum absolute atomic E-state index is 11.9. The number of nitrogens with zero attached hydrogens (tertiary/aromatic N) is 2. The summed E-state index contributed by atoms with van der Waals surface area (Å²) in [6.07, 6.45) is 0. The van der Waals surface area contributed by atoms with E-state index in [-0.39, 0.29) is 18.4 Å². The zero-order chi connectivity index (χ0) is 19.3. The third-order valence-electron chi connectivity index (χ3n) is 3.40. The lowest BCUT2D eigenvalue weighted by Gasteiger charge is -2.17. The number of anilines is 1. The molecule has 1 heterocycles. The third kappa shape index (κ3) is 6.15. The van der Waals surface area contributed by atoms with Gasteiger partial charge in [-0.2, -0.15) is 0 Å². The minimum absolute atomic E-state index is 0.0526. The smallest absolute Gasteiger partial charge is 0.243 e. The molecule has 1 aromatic carbocycles. The van der Waals surface area contributed by atoms with Crippen LogP contribution in [0.5, 0.6) is 0 Å². The van der Waals surface area contributed by atoms with E-state index in [1.54, 1.807) is 20.8 Å². The molecule has 26 heavy (non-hydrogen) atoms. The summed E-state index contributed by atoms with van der Waals surface area (Å²) in [7, 11) is 0. The number of hydrogen-bond donors (Lipinski definition) is 2. The molecule has 2 N–H and O–H groups in total. The summed E-state index contributed by atoms with van der Waals surface area (Å²) < 4.78 is 0. The molecule has 0 aliphatic carbocycles. The van der Waals surface area contributed by atoms with Crippen molar-refractivity contribution < 1.29 is 9.59 Å². The molecule has 7 heteroatoms. The van der Waals surface area contributed by atoms with Gasteiger partial charge in [0, 0.05) is 27.4 Å². The first-order chi connectivity index (χ1) is 12.1. The van der Waals surface area contributed by atoms with Gasteiger partial charge in [0.1, 0.15) is 0 Å². The van der Waals surface area contributed by atoms with Gasteiger partial charge in [0.15, 0.2) is 5.16 Å². The van der Waals surface area contributed by atoms with Gasteiger partial charge in [-0.3, -0.25) is 9.59 Å². The SMILES string of the molecule is Cc1cc(C)nc(Sc2ccc(NC(=O)CNC(=O)C(C)(C)C)cc2)n1. The van der Waals surface area contributed by atoms with Crippen molar-refractivity contribution in [1.29, 1.82) is 0 Å². The summed E-state index contributed by atoms with van der Waals surface area (Å²) in [6, 6.07) is 9.36. The van der Waals surface area contributed by atoms with Gasteiger partial charge in [0.25, 0.3) is 0 Å². The molecular formula is C19H24N4O2S. The highest BCUT2D eigenvalue weighted by molar-refractivity contribution is 7.99. The van der Waals surface area contributed by atoms with Crippen molar-refractivity contribution in [3.8, 4) is 0 Å². The van der Waals surface area contributed by atoms with E-state index in [0.29, 0.717) is 10.8 Å². The summed E-state index contributed by atoms with van der Waals surface area (Å²) in [6.45, 7) is 9.23. The molecule has 2 rings (SSSR count). The van der Waals surface area contributed by atoms with Gasteiger partial charge >= 0.3 is 0 Å². The van der Waals surface area contributed by atoms with Gasteiger partial charge < -0.3 is 10.6 Å². The molecule has 0 saturated carbocycles. The molecule has 1 aromatic heterocycles. The van der Waals surface area contributed by atoms with Crippen molar-refractivity contribution in [2.75, 3.05) is 11.9 Å². The van der Waals surface area contributed by atoms with Crippen LogP contribution in [-0.2, 0) is 9.59 Å². The van der Waals surface area contributed by atoms with Crippen LogP contribution in [0.15, 0.2) is 40.4 Å². The molecule has 6 nitrogen and oxygen atoms in total. The fourth-order valence-corrected chi connectivity index (χ4v) is 2.94. The van der Waals surface area contributed by atoms with Crippen LogP contribution in [0.4, 0.5) is 5.69 Å². The van der Waals surface area contributed by atoms with Gasteiger partial charge in [-0.1, -0.05) is 20.8 Å². The van der Waals surface area contributed by atoms with Crippen LogP contribution in [0.2, 0.25) is 0 Å². The Morgan fingerprint density at radius 1 is 1.04 bits per heavy atom. The molecule has 0 aliphatic heterocycles. The Kier molecular flexibility index (Phi) is 6.37. The van der Waals surface area contributed by atoms with E-state index in [0.717, 1.165) is 16.3 Å². The van der Waals surface area contributed by atoms with Crippen LogP contribution < -0.4 is 10.6 Å². The zero-order valence-electron chi connectivity index (χ0n) is 15.7. The average molecular weight is 372 g/mol.